The number of hydrogen-bond acceptors (Lipinski definition) is 3. The predicted molar refractivity (Wildman–Crippen MR) is 67.2 cm³/mol. The fourth-order valence-corrected chi connectivity index (χ4v) is 2.15. The second-order valence-electron chi connectivity index (χ2n) is 4.38. The van der Waals surface area contributed by atoms with Crippen molar-refractivity contribution < 1.29 is 9.90 Å². The van der Waals surface area contributed by atoms with Gasteiger partial charge in [-0.25, -0.2) is 4.79 Å². The third kappa shape index (κ3) is 3.03. The average molecular weight is 235 g/mol. The Labute approximate surface area is 100 Å². The molecular weight excluding hydrogens is 218 g/mol. The highest BCUT2D eigenvalue weighted by atomic mass is 16.4. The normalized spacial score (nSPS) is 19.3. The number of nitrogens with one attached hydrogen (secondary N) is 1. The molecule has 0 aromatic heterocycles. The molecule has 92 valence electrons. The molecule has 1 atom stereocenters. The van der Waals surface area contributed by atoms with Crippen LogP contribution in [0.5, 0.6) is 0 Å². The van der Waals surface area contributed by atoms with Gasteiger partial charge in [-0.15, -0.1) is 0 Å². The Hall–Kier alpha value is -1.91. The molecule has 0 bridgehead atoms. The van der Waals surface area contributed by atoms with Crippen molar-refractivity contribution >= 4 is 17.5 Å². The average Bonchev–Trinajstić information content (AvgIpc) is 2.76. The topological polar surface area (TPSA) is 78.6 Å². The highest BCUT2D eigenvalue weighted by Gasteiger charge is 2.22. The van der Waals surface area contributed by atoms with Gasteiger partial charge in [-0.3, -0.25) is 0 Å². The van der Waals surface area contributed by atoms with Crippen LogP contribution in [0.3, 0.4) is 0 Å². The molecule has 5 heteroatoms. The molecule has 5 nitrogen and oxygen atoms in total. The Morgan fingerprint density at radius 2 is 2.18 bits per heavy atom. The first-order valence-electron chi connectivity index (χ1n) is 5.72. The summed E-state index contributed by atoms with van der Waals surface area (Å²) in [6.07, 6.45) is 0.0703. The van der Waals surface area contributed by atoms with Crippen LogP contribution in [0.1, 0.15) is 6.42 Å². The van der Waals surface area contributed by atoms with Crippen LogP contribution < -0.4 is 16.0 Å². The standard InChI is InChI=1S/C12H17N3O2/c13-10-1-3-11(4-2-10)15-6-5-9(8-15)7-14-12(16)17/h1-4,9,14H,5-8,13H2,(H,16,17)/t9-/m1/s1. The minimum Gasteiger partial charge on any atom is -0.465 e. The number of amides is 1. The van der Waals surface area contributed by atoms with Crippen molar-refractivity contribution in [1.29, 1.82) is 0 Å². The lowest BCUT2D eigenvalue weighted by Gasteiger charge is -2.18. The van der Waals surface area contributed by atoms with Crippen LogP contribution in [-0.2, 0) is 0 Å². The zero-order valence-electron chi connectivity index (χ0n) is 9.60. The maximum Gasteiger partial charge on any atom is 0.404 e. The van der Waals surface area contributed by atoms with Crippen molar-refractivity contribution in [1.82, 2.24) is 5.32 Å². The Morgan fingerprint density at radius 3 is 2.82 bits per heavy atom. The lowest BCUT2D eigenvalue weighted by Crippen LogP contribution is -2.29. The summed E-state index contributed by atoms with van der Waals surface area (Å²) in [6, 6.07) is 7.78. The molecule has 2 rings (SSSR count). The second kappa shape index (κ2) is 4.95. The lowest BCUT2D eigenvalue weighted by molar-refractivity contribution is 0.192. The van der Waals surface area contributed by atoms with Crippen LogP contribution in [0.2, 0.25) is 0 Å². The van der Waals surface area contributed by atoms with E-state index in [4.69, 9.17) is 10.8 Å². The Morgan fingerprint density at radius 1 is 1.47 bits per heavy atom. The van der Waals surface area contributed by atoms with Crippen LogP contribution in [0, 0.1) is 5.92 Å². The number of anilines is 2. The molecule has 1 aromatic carbocycles. The van der Waals surface area contributed by atoms with Gasteiger partial charge in [0.1, 0.15) is 0 Å². The van der Waals surface area contributed by atoms with Gasteiger partial charge >= 0.3 is 6.09 Å². The molecule has 0 spiro atoms. The van der Waals surface area contributed by atoms with Gasteiger partial charge in [0, 0.05) is 31.0 Å². The number of nitrogens with two attached hydrogens (primary N) is 1. The number of rotatable bonds is 3. The maximum atomic E-state index is 10.4. The smallest absolute Gasteiger partial charge is 0.404 e. The third-order valence-corrected chi connectivity index (χ3v) is 3.09. The van der Waals surface area contributed by atoms with Gasteiger partial charge in [0.25, 0.3) is 0 Å². The highest BCUT2D eigenvalue weighted by Crippen LogP contribution is 2.24. The van der Waals surface area contributed by atoms with Gasteiger partial charge in [0.15, 0.2) is 0 Å². The minimum atomic E-state index is -0.948. The molecule has 1 aliphatic rings. The van der Waals surface area contributed by atoms with E-state index in [2.05, 4.69) is 10.2 Å². The molecule has 1 fully saturated rings. The van der Waals surface area contributed by atoms with E-state index in [1.54, 1.807) is 0 Å². The van der Waals surface area contributed by atoms with Crippen LogP contribution in [0.4, 0.5) is 16.2 Å². The summed E-state index contributed by atoms with van der Waals surface area (Å²) in [5.41, 5.74) is 7.55. The molecule has 1 heterocycles. The van der Waals surface area contributed by atoms with Crippen molar-refractivity contribution in [3.8, 4) is 0 Å². The molecule has 0 unspecified atom stereocenters. The van der Waals surface area contributed by atoms with Gasteiger partial charge in [-0.2, -0.15) is 0 Å². The second-order valence-corrected chi connectivity index (χ2v) is 4.38. The number of carbonyl (C=O) groups is 1. The summed E-state index contributed by atoms with van der Waals surface area (Å²) in [5.74, 6) is 0.392. The van der Waals surface area contributed by atoms with E-state index in [0.717, 1.165) is 30.9 Å². The number of benzene rings is 1. The van der Waals surface area contributed by atoms with Crippen LogP contribution in [0.25, 0.3) is 0 Å². The van der Waals surface area contributed by atoms with Crippen LogP contribution in [0.15, 0.2) is 24.3 Å². The lowest BCUT2D eigenvalue weighted by atomic mass is 10.1. The quantitative estimate of drug-likeness (QED) is 0.691. The fourth-order valence-electron chi connectivity index (χ4n) is 2.15. The Bertz CT molecular complexity index is 391. The van der Waals surface area contributed by atoms with Crippen molar-refractivity contribution in [3.63, 3.8) is 0 Å². The van der Waals surface area contributed by atoms with Crippen molar-refractivity contribution in [3.05, 3.63) is 24.3 Å². The van der Waals surface area contributed by atoms with Gasteiger partial charge in [-0.05, 0) is 36.6 Å². The molecular formula is C12H17N3O2. The summed E-state index contributed by atoms with van der Waals surface area (Å²) in [6.45, 7) is 2.39. The molecule has 17 heavy (non-hydrogen) atoms. The van der Waals surface area contributed by atoms with E-state index >= 15 is 0 Å². The number of hydrogen-bond donors (Lipinski definition) is 3. The zero-order chi connectivity index (χ0) is 12.3. The highest BCUT2D eigenvalue weighted by molar-refractivity contribution is 5.64. The first kappa shape index (κ1) is 11.6. The monoisotopic (exact) mass is 235 g/mol. The number of nitrogens with zero attached hydrogens (tertiary/aromatic N) is 1. The van der Waals surface area contributed by atoms with Gasteiger partial charge in [0.2, 0.25) is 0 Å². The maximum absolute atomic E-state index is 10.4. The van der Waals surface area contributed by atoms with Crippen molar-refractivity contribution in [2.24, 2.45) is 5.92 Å². The van der Waals surface area contributed by atoms with Gasteiger partial charge in [0.05, 0.1) is 0 Å². The molecule has 1 aliphatic heterocycles. The first-order valence-corrected chi connectivity index (χ1v) is 5.72. The van der Waals surface area contributed by atoms with Gasteiger partial charge < -0.3 is 21.1 Å². The number of carboxylic acid groups (broad SMARTS) is 1. The van der Waals surface area contributed by atoms with Gasteiger partial charge in [-0.1, -0.05) is 0 Å². The summed E-state index contributed by atoms with van der Waals surface area (Å²) in [5, 5.41) is 11.0. The Kier molecular flexibility index (Phi) is 3.37. The summed E-state index contributed by atoms with van der Waals surface area (Å²) < 4.78 is 0. The molecule has 0 aliphatic carbocycles. The molecule has 0 saturated carbocycles. The zero-order valence-corrected chi connectivity index (χ0v) is 9.60. The summed E-state index contributed by atoms with van der Waals surface area (Å²) in [4.78, 5) is 12.7. The Balaban J connectivity index is 1.89. The van der Waals surface area contributed by atoms with E-state index in [1.807, 2.05) is 24.3 Å². The molecule has 1 aromatic rings. The largest absolute Gasteiger partial charge is 0.465 e. The van der Waals surface area contributed by atoms with E-state index in [-0.39, 0.29) is 0 Å². The van der Waals surface area contributed by atoms with Crippen LogP contribution in [-0.4, -0.2) is 30.8 Å². The predicted octanol–water partition coefficient (Wildman–Crippen LogP) is 1.36. The number of nitrogen functional groups attached to an aromatic ring is 1. The molecule has 0 radical (unpaired) electrons. The molecule has 1 amide bonds. The summed E-state index contributed by atoms with van der Waals surface area (Å²) in [7, 11) is 0. The van der Waals surface area contributed by atoms with E-state index in [1.165, 1.54) is 0 Å². The molecule has 4 N–H and O–H groups in total. The van der Waals surface area contributed by atoms with E-state index in [0.29, 0.717) is 12.5 Å². The SMILES string of the molecule is Nc1ccc(N2CC[C@H](CNC(=O)O)C2)cc1. The molecule has 1 saturated heterocycles. The van der Waals surface area contributed by atoms with Crippen molar-refractivity contribution in [2.45, 2.75) is 6.42 Å². The third-order valence-electron chi connectivity index (χ3n) is 3.09. The van der Waals surface area contributed by atoms with E-state index in [9.17, 15) is 4.79 Å². The minimum absolute atomic E-state index is 0.392. The fraction of sp³-hybridized carbons (Fsp3) is 0.417. The van der Waals surface area contributed by atoms with Crippen LogP contribution >= 0.6 is 0 Å². The summed E-state index contributed by atoms with van der Waals surface area (Å²) >= 11 is 0. The van der Waals surface area contributed by atoms with E-state index < -0.39 is 6.09 Å². The van der Waals surface area contributed by atoms with Crippen molar-refractivity contribution in [2.75, 3.05) is 30.3 Å². The first-order chi connectivity index (χ1) is 8.15.